The molecule has 3 N–H and O–H groups in total. The van der Waals surface area contributed by atoms with Crippen molar-refractivity contribution < 1.29 is 20.1 Å². The highest BCUT2D eigenvalue weighted by Gasteiger charge is 2.34. The van der Waals surface area contributed by atoms with Gasteiger partial charge in [0.05, 0.1) is 6.61 Å². The highest BCUT2D eigenvalue weighted by molar-refractivity contribution is 5.13. The van der Waals surface area contributed by atoms with Crippen molar-refractivity contribution in [2.45, 2.75) is 103 Å². The molecule has 0 saturated carbocycles. The van der Waals surface area contributed by atoms with Crippen LogP contribution in [-0.4, -0.2) is 34.3 Å². The van der Waals surface area contributed by atoms with Crippen LogP contribution in [0.2, 0.25) is 0 Å². The van der Waals surface area contributed by atoms with Crippen LogP contribution in [0.15, 0.2) is 30.3 Å². The van der Waals surface area contributed by atoms with E-state index in [-0.39, 0.29) is 25.0 Å². The van der Waals surface area contributed by atoms with E-state index in [0.717, 1.165) is 44.1 Å². The summed E-state index contributed by atoms with van der Waals surface area (Å²) in [6.45, 7) is 4.83. The van der Waals surface area contributed by atoms with Crippen LogP contribution in [0.5, 0.6) is 0 Å². The molecule has 3 atom stereocenters. The Balaban J connectivity index is 2.74. The summed E-state index contributed by atoms with van der Waals surface area (Å²) in [7, 11) is 0. The number of unbranched alkanes of at least 4 members (excludes halogenated alkanes) is 6. The van der Waals surface area contributed by atoms with Crippen LogP contribution >= 0.6 is 0 Å². The minimum atomic E-state index is -1.33. The molecule has 0 fully saturated rings. The van der Waals surface area contributed by atoms with Gasteiger partial charge in [0.25, 0.3) is 0 Å². The minimum Gasteiger partial charge on any atom is -0.396 e. The quantitative estimate of drug-likeness (QED) is 0.194. The SMILES string of the molecule is CCCCCC[C@@H](CO)CC(O)(C[C@@H](CO)CCCCCC)OCc1ccccc1. The number of hydrogen-bond acceptors (Lipinski definition) is 4. The van der Waals surface area contributed by atoms with Crippen molar-refractivity contribution in [2.24, 2.45) is 11.8 Å². The van der Waals surface area contributed by atoms with Gasteiger partial charge in [0, 0.05) is 26.1 Å². The minimum absolute atomic E-state index is 0.0158. The second kappa shape index (κ2) is 16.7. The van der Waals surface area contributed by atoms with E-state index in [1.54, 1.807) is 0 Å². The zero-order valence-corrected chi connectivity index (χ0v) is 19.4. The van der Waals surface area contributed by atoms with Gasteiger partial charge < -0.3 is 20.1 Å². The van der Waals surface area contributed by atoms with Gasteiger partial charge in [-0.3, -0.25) is 0 Å². The normalized spacial score (nSPS) is 15.6. The Morgan fingerprint density at radius 2 is 1.27 bits per heavy atom. The second-order valence-corrected chi connectivity index (χ2v) is 8.92. The summed E-state index contributed by atoms with van der Waals surface area (Å²) in [5.41, 5.74) is 1.02. The van der Waals surface area contributed by atoms with Crippen molar-refractivity contribution in [1.82, 2.24) is 0 Å². The standard InChI is InChI=1S/C26H46O4/c1-3-5-7-10-16-24(20-27)18-26(29,30-22-23-14-12-9-13-15-23)19-25(21-28)17-11-8-6-4-2/h9,12-15,24-25,27-29H,3-8,10-11,16-22H2,1-2H3/t24-,25+,26?. The van der Waals surface area contributed by atoms with Crippen molar-refractivity contribution >= 4 is 0 Å². The summed E-state index contributed by atoms with van der Waals surface area (Å²) in [5, 5.41) is 31.3. The maximum Gasteiger partial charge on any atom is 0.166 e. The van der Waals surface area contributed by atoms with E-state index in [0.29, 0.717) is 19.4 Å². The Labute approximate surface area is 184 Å². The summed E-state index contributed by atoms with van der Waals surface area (Å²) in [6.07, 6.45) is 11.8. The van der Waals surface area contributed by atoms with E-state index in [4.69, 9.17) is 4.74 Å². The Hall–Kier alpha value is -0.940. The zero-order chi connectivity index (χ0) is 22.1. The van der Waals surface area contributed by atoms with Gasteiger partial charge >= 0.3 is 0 Å². The van der Waals surface area contributed by atoms with Gasteiger partial charge in [-0.2, -0.15) is 0 Å². The molecule has 1 aromatic carbocycles. The average molecular weight is 423 g/mol. The Bertz CT molecular complexity index is 483. The van der Waals surface area contributed by atoms with E-state index in [2.05, 4.69) is 13.8 Å². The predicted octanol–water partition coefficient (Wildman–Crippen LogP) is 5.83. The number of aliphatic hydroxyl groups excluding tert-OH is 2. The lowest BCUT2D eigenvalue weighted by molar-refractivity contribution is -0.235. The molecule has 174 valence electrons. The number of benzene rings is 1. The summed E-state index contributed by atoms with van der Waals surface area (Å²) in [5.74, 6) is -1.30. The van der Waals surface area contributed by atoms with Gasteiger partial charge in [-0.25, -0.2) is 0 Å². The van der Waals surface area contributed by atoms with Crippen LogP contribution in [-0.2, 0) is 11.3 Å². The van der Waals surface area contributed by atoms with Crippen LogP contribution in [0.3, 0.4) is 0 Å². The molecule has 0 heterocycles. The number of rotatable bonds is 19. The van der Waals surface area contributed by atoms with Crippen molar-refractivity contribution in [2.75, 3.05) is 13.2 Å². The molecule has 1 aromatic rings. The molecule has 1 unspecified atom stereocenters. The monoisotopic (exact) mass is 422 g/mol. The predicted molar refractivity (Wildman–Crippen MR) is 124 cm³/mol. The fraction of sp³-hybridized carbons (Fsp3) is 0.769. The first-order valence-electron chi connectivity index (χ1n) is 12.2. The third kappa shape index (κ3) is 12.0. The van der Waals surface area contributed by atoms with Gasteiger partial charge in [-0.15, -0.1) is 0 Å². The fourth-order valence-electron chi connectivity index (χ4n) is 4.13. The molecule has 0 amide bonds. The van der Waals surface area contributed by atoms with Gasteiger partial charge in [-0.05, 0) is 30.2 Å². The Morgan fingerprint density at radius 1 is 0.767 bits per heavy atom. The van der Waals surface area contributed by atoms with Crippen molar-refractivity contribution in [3.05, 3.63) is 35.9 Å². The molecule has 4 heteroatoms. The maximum absolute atomic E-state index is 11.4. The molecule has 4 nitrogen and oxygen atoms in total. The smallest absolute Gasteiger partial charge is 0.166 e. The fourth-order valence-corrected chi connectivity index (χ4v) is 4.13. The van der Waals surface area contributed by atoms with E-state index < -0.39 is 5.79 Å². The Kier molecular flexibility index (Phi) is 15.1. The molecule has 0 aliphatic carbocycles. The highest BCUT2D eigenvalue weighted by Crippen LogP contribution is 2.31. The van der Waals surface area contributed by atoms with Crippen LogP contribution in [0, 0.1) is 11.8 Å². The number of aliphatic hydroxyl groups is 3. The molecule has 0 radical (unpaired) electrons. The summed E-state index contributed by atoms with van der Waals surface area (Å²) in [6, 6.07) is 9.87. The first kappa shape index (κ1) is 27.1. The van der Waals surface area contributed by atoms with Crippen molar-refractivity contribution in [1.29, 1.82) is 0 Å². The molecule has 0 aromatic heterocycles. The van der Waals surface area contributed by atoms with Gasteiger partial charge in [0.2, 0.25) is 0 Å². The van der Waals surface area contributed by atoms with Crippen molar-refractivity contribution in [3.8, 4) is 0 Å². The zero-order valence-electron chi connectivity index (χ0n) is 19.4. The lowest BCUT2D eigenvalue weighted by Gasteiger charge is -2.34. The molecule has 0 spiro atoms. The van der Waals surface area contributed by atoms with E-state index >= 15 is 0 Å². The van der Waals surface area contributed by atoms with Crippen LogP contribution in [0.1, 0.15) is 96.5 Å². The van der Waals surface area contributed by atoms with Crippen molar-refractivity contribution in [3.63, 3.8) is 0 Å². The Morgan fingerprint density at radius 3 is 1.70 bits per heavy atom. The van der Waals surface area contributed by atoms with Crippen LogP contribution in [0.4, 0.5) is 0 Å². The number of hydrogen-bond donors (Lipinski definition) is 3. The molecule has 1 rings (SSSR count). The van der Waals surface area contributed by atoms with Gasteiger partial charge in [-0.1, -0.05) is 95.5 Å². The largest absolute Gasteiger partial charge is 0.396 e. The first-order valence-corrected chi connectivity index (χ1v) is 12.2. The molecule has 0 aliphatic heterocycles. The molecular formula is C26H46O4. The second-order valence-electron chi connectivity index (χ2n) is 8.92. The summed E-state index contributed by atoms with van der Waals surface area (Å²) < 4.78 is 6.07. The van der Waals surface area contributed by atoms with E-state index in [1.807, 2.05) is 30.3 Å². The third-order valence-electron chi connectivity index (χ3n) is 6.01. The summed E-state index contributed by atoms with van der Waals surface area (Å²) in [4.78, 5) is 0. The maximum atomic E-state index is 11.4. The first-order chi connectivity index (χ1) is 14.6. The third-order valence-corrected chi connectivity index (χ3v) is 6.01. The average Bonchev–Trinajstić information content (AvgIpc) is 2.77. The lowest BCUT2D eigenvalue weighted by Crippen LogP contribution is -2.38. The van der Waals surface area contributed by atoms with E-state index in [9.17, 15) is 15.3 Å². The van der Waals surface area contributed by atoms with Gasteiger partial charge in [0.15, 0.2) is 5.79 Å². The molecular weight excluding hydrogens is 376 g/mol. The topological polar surface area (TPSA) is 69.9 Å². The lowest BCUT2D eigenvalue weighted by atomic mass is 9.86. The highest BCUT2D eigenvalue weighted by atomic mass is 16.6. The van der Waals surface area contributed by atoms with Crippen LogP contribution in [0.25, 0.3) is 0 Å². The van der Waals surface area contributed by atoms with E-state index in [1.165, 1.54) is 25.7 Å². The summed E-state index contributed by atoms with van der Waals surface area (Å²) >= 11 is 0. The molecule has 0 aliphatic rings. The van der Waals surface area contributed by atoms with Gasteiger partial charge in [0.1, 0.15) is 0 Å². The number of ether oxygens (including phenoxy) is 1. The van der Waals surface area contributed by atoms with Crippen LogP contribution < -0.4 is 0 Å². The molecule has 0 bridgehead atoms. The molecule has 30 heavy (non-hydrogen) atoms. The molecule has 0 saturated heterocycles.